The lowest BCUT2D eigenvalue weighted by Gasteiger charge is -2.05. The summed E-state index contributed by atoms with van der Waals surface area (Å²) in [6.07, 6.45) is 0. The SMILES string of the molecule is Clc1ccccc1-c1nc(-c2ccccc2)c(-c2ccccc2Cl)[nH]1. The molecule has 0 aliphatic heterocycles. The van der Waals surface area contributed by atoms with Gasteiger partial charge in [0.25, 0.3) is 0 Å². The monoisotopic (exact) mass is 364 g/mol. The molecule has 0 spiro atoms. The molecule has 1 heterocycles. The van der Waals surface area contributed by atoms with Gasteiger partial charge in [-0.1, -0.05) is 83.9 Å². The maximum absolute atomic E-state index is 6.43. The summed E-state index contributed by atoms with van der Waals surface area (Å²) >= 11 is 12.8. The standard InChI is InChI=1S/C21H14Cl2N2/c22-17-12-6-4-10-15(17)20-19(14-8-2-1-3-9-14)24-21(25-20)16-11-5-7-13-18(16)23/h1-13H,(H,24,25). The van der Waals surface area contributed by atoms with E-state index >= 15 is 0 Å². The van der Waals surface area contributed by atoms with E-state index in [1.807, 2.05) is 78.9 Å². The summed E-state index contributed by atoms with van der Waals surface area (Å²) in [5.41, 5.74) is 4.52. The molecule has 0 aliphatic rings. The summed E-state index contributed by atoms with van der Waals surface area (Å²) in [5.74, 6) is 0.722. The van der Waals surface area contributed by atoms with Crippen LogP contribution in [0.2, 0.25) is 10.0 Å². The number of rotatable bonds is 3. The summed E-state index contributed by atoms with van der Waals surface area (Å²) in [5, 5.41) is 1.33. The molecule has 0 atom stereocenters. The number of aromatic nitrogens is 2. The van der Waals surface area contributed by atoms with Crippen molar-refractivity contribution in [1.82, 2.24) is 9.97 Å². The van der Waals surface area contributed by atoms with E-state index in [2.05, 4.69) is 4.98 Å². The van der Waals surface area contributed by atoms with Gasteiger partial charge in [-0.15, -0.1) is 0 Å². The second-order valence-electron chi connectivity index (χ2n) is 5.63. The molecule has 0 saturated carbocycles. The second-order valence-corrected chi connectivity index (χ2v) is 6.45. The van der Waals surface area contributed by atoms with Crippen molar-refractivity contribution in [3.05, 3.63) is 88.9 Å². The molecule has 4 aromatic rings. The quantitative estimate of drug-likeness (QED) is 0.429. The van der Waals surface area contributed by atoms with Crippen LogP contribution in [0, 0.1) is 0 Å². The fraction of sp³-hybridized carbons (Fsp3) is 0. The van der Waals surface area contributed by atoms with E-state index in [1.165, 1.54) is 0 Å². The Morgan fingerprint density at radius 1 is 0.640 bits per heavy atom. The van der Waals surface area contributed by atoms with E-state index in [9.17, 15) is 0 Å². The van der Waals surface area contributed by atoms with Gasteiger partial charge in [-0.25, -0.2) is 4.98 Å². The number of nitrogens with one attached hydrogen (secondary N) is 1. The molecule has 4 rings (SSSR count). The number of benzene rings is 3. The maximum atomic E-state index is 6.43. The van der Waals surface area contributed by atoms with Crippen molar-refractivity contribution in [3.8, 4) is 33.9 Å². The average molecular weight is 365 g/mol. The normalized spacial score (nSPS) is 10.8. The summed E-state index contributed by atoms with van der Waals surface area (Å²) in [6, 6.07) is 25.4. The maximum Gasteiger partial charge on any atom is 0.140 e. The molecule has 0 radical (unpaired) electrons. The van der Waals surface area contributed by atoms with Crippen LogP contribution in [0.25, 0.3) is 33.9 Å². The Balaban J connectivity index is 1.96. The van der Waals surface area contributed by atoms with Crippen LogP contribution >= 0.6 is 23.2 Å². The molecule has 122 valence electrons. The van der Waals surface area contributed by atoms with Gasteiger partial charge >= 0.3 is 0 Å². The van der Waals surface area contributed by atoms with E-state index in [1.54, 1.807) is 0 Å². The van der Waals surface area contributed by atoms with Crippen molar-refractivity contribution in [1.29, 1.82) is 0 Å². The van der Waals surface area contributed by atoms with Gasteiger partial charge in [-0.05, 0) is 18.2 Å². The van der Waals surface area contributed by atoms with Gasteiger partial charge in [0.05, 0.1) is 16.4 Å². The number of aromatic amines is 1. The van der Waals surface area contributed by atoms with Crippen molar-refractivity contribution in [3.63, 3.8) is 0 Å². The number of nitrogens with zero attached hydrogens (tertiary/aromatic N) is 1. The molecule has 0 aliphatic carbocycles. The van der Waals surface area contributed by atoms with Crippen LogP contribution in [0.3, 0.4) is 0 Å². The van der Waals surface area contributed by atoms with E-state index in [4.69, 9.17) is 28.2 Å². The number of imidazole rings is 1. The minimum Gasteiger partial charge on any atom is -0.337 e. The molecule has 3 aromatic carbocycles. The van der Waals surface area contributed by atoms with Crippen LogP contribution in [-0.4, -0.2) is 9.97 Å². The fourth-order valence-electron chi connectivity index (χ4n) is 2.82. The fourth-order valence-corrected chi connectivity index (χ4v) is 3.27. The molecule has 25 heavy (non-hydrogen) atoms. The van der Waals surface area contributed by atoms with E-state index < -0.39 is 0 Å². The van der Waals surface area contributed by atoms with Crippen LogP contribution in [0.15, 0.2) is 78.9 Å². The highest BCUT2D eigenvalue weighted by Crippen LogP contribution is 2.37. The molecule has 0 unspecified atom stereocenters. The smallest absolute Gasteiger partial charge is 0.140 e. The van der Waals surface area contributed by atoms with Gasteiger partial charge in [0, 0.05) is 21.7 Å². The number of halogens is 2. The van der Waals surface area contributed by atoms with Crippen molar-refractivity contribution in [2.45, 2.75) is 0 Å². The average Bonchev–Trinajstić information content (AvgIpc) is 3.08. The molecular formula is C21H14Cl2N2. The zero-order valence-corrected chi connectivity index (χ0v) is 14.7. The molecule has 0 bridgehead atoms. The zero-order chi connectivity index (χ0) is 17.2. The Bertz CT molecular complexity index is 1020. The zero-order valence-electron chi connectivity index (χ0n) is 13.2. The highest BCUT2D eigenvalue weighted by molar-refractivity contribution is 6.34. The van der Waals surface area contributed by atoms with Gasteiger partial charge in [0.15, 0.2) is 0 Å². The Morgan fingerprint density at radius 3 is 1.84 bits per heavy atom. The highest BCUT2D eigenvalue weighted by atomic mass is 35.5. The third-order valence-electron chi connectivity index (χ3n) is 4.02. The van der Waals surface area contributed by atoms with Gasteiger partial charge in [0.2, 0.25) is 0 Å². The second kappa shape index (κ2) is 6.75. The van der Waals surface area contributed by atoms with E-state index in [0.29, 0.717) is 10.0 Å². The van der Waals surface area contributed by atoms with E-state index in [0.717, 1.165) is 33.9 Å². The summed E-state index contributed by atoms with van der Waals surface area (Å²) in [4.78, 5) is 8.24. The molecule has 0 amide bonds. The molecule has 1 aromatic heterocycles. The highest BCUT2D eigenvalue weighted by Gasteiger charge is 2.17. The first-order valence-corrected chi connectivity index (χ1v) is 8.65. The first-order chi connectivity index (χ1) is 12.2. The summed E-state index contributed by atoms with van der Waals surface area (Å²) in [6.45, 7) is 0. The van der Waals surface area contributed by atoms with Gasteiger partial charge < -0.3 is 4.98 Å². The Hall–Kier alpha value is -2.55. The third-order valence-corrected chi connectivity index (χ3v) is 4.68. The van der Waals surface area contributed by atoms with Crippen molar-refractivity contribution >= 4 is 23.2 Å². The minimum absolute atomic E-state index is 0.654. The van der Waals surface area contributed by atoms with Crippen molar-refractivity contribution in [2.75, 3.05) is 0 Å². The van der Waals surface area contributed by atoms with Gasteiger partial charge in [0.1, 0.15) is 5.82 Å². The minimum atomic E-state index is 0.654. The Labute approximate surface area is 156 Å². The summed E-state index contributed by atoms with van der Waals surface area (Å²) < 4.78 is 0. The largest absolute Gasteiger partial charge is 0.337 e. The van der Waals surface area contributed by atoms with Gasteiger partial charge in [-0.3, -0.25) is 0 Å². The van der Waals surface area contributed by atoms with Crippen LogP contribution in [0.5, 0.6) is 0 Å². The first-order valence-electron chi connectivity index (χ1n) is 7.89. The third kappa shape index (κ3) is 3.07. The predicted octanol–water partition coefficient (Wildman–Crippen LogP) is 6.72. The Morgan fingerprint density at radius 2 is 1.20 bits per heavy atom. The molecule has 2 nitrogen and oxygen atoms in total. The van der Waals surface area contributed by atoms with E-state index in [-0.39, 0.29) is 0 Å². The molecule has 0 fully saturated rings. The molecule has 0 saturated heterocycles. The van der Waals surface area contributed by atoms with Crippen LogP contribution in [-0.2, 0) is 0 Å². The van der Waals surface area contributed by atoms with Crippen LogP contribution < -0.4 is 0 Å². The lowest BCUT2D eigenvalue weighted by atomic mass is 10.1. The topological polar surface area (TPSA) is 28.7 Å². The Kier molecular flexibility index (Phi) is 4.31. The summed E-state index contributed by atoms with van der Waals surface area (Å²) in [7, 11) is 0. The lowest BCUT2D eigenvalue weighted by molar-refractivity contribution is 1.31. The number of hydrogen-bond acceptors (Lipinski definition) is 1. The van der Waals surface area contributed by atoms with Crippen molar-refractivity contribution in [2.24, 2.45) is 0 Å². The number of H-pyrrole nitrogens is 1. The lowest BCUT2D eigenvalue weighted by Crippen LogP contribution is -1.84. The first kappa shape index (κ1) is 15.9. The van der Waals surface area contributed by atoms with Crippen molar-refractivity contribution < 1.29 is 0 Å². The molecule has 1 N–H and O–H groups in total. The predicted molar refractivity (Wildman–Crippen MR) is 105 cm³/mol. The van der Waals surface area contributed by atoms with Gasteiger partial charge in [-0.2, -0.15) is 0 Å². The van der Waals surface area contributed by atoms with Crippen LogP contribution in [0.4, 0.5) is 0 Å². The number of hydrogen-bond donors (Lipinski definition) is 1. The molecule has 4 heteroatoms. The molecular weight excluding hydrogens is 351 g/mol. The van der Waals surface area contributed by atoms with Crippen LogP contribution in [0.1, 0.15) is 0 Å².